The number of anilines is 1. The predicted molar refractivity (Wildman–Crippen MR) is 82.7 cm³/mol. The molecule has 0 atom stereocenters. The van der Waals surface area contributed by atoms with Crippen LogP contribution in [0.1, 0.15) is 10.5 Å². The van der Waals surface area contributed by atoms with Crippen LogP contribution in [0, 0.1) is 5.82 Å². The molecule has 4 rings (SSSR count). The minimum Gasteiger partial charge on any atom is -0.306 e. The molecule has 0 aliphatic rings. The second-order valence-electron chi connectivity index (χ2n) is 4.68. The van der Waals surface area contributed by atoms with E-state index in [0.717, 1.165) is 0 Å². The smallest absolute Gasteiger partial charge is 0.277 e. The van der Waals surface area contributed by atoms with Crippen LogP contribution >= 0.6 is 11.3 Å². The summed E-state index contributed by atoms with van der Waals surface area (Å²) in [7, 11) is 0. The Morgan fingerprint density at radius 3 is 3.00 bits per heavy atom. The van der Waals surface area contributed by atoms with Gasteiger partial charge in [-0.05, 0) is 30.3 Å². The number of nitrogens with one attached hydrogen (secondary N) is 1. The van der Waals surface area contributed by atoms with Crippen molar-refractivity contribution in [2.45, 2.75) is 0 Å². The molecule has 22 heavy (non-hydrogen) atoms. The number of carbonyl (C=O) groups excluding carboxylic acids is 1. The Balaban J connectivity index is 1.64. The molecule has 0 saturated carbocycles. The number of amides is 1. The number of nitrogens with zero attached hydrogens (tertiary/aromatic N) is 3. The van der Waals surface area contributed by atoms with E-state index in [-0.39, 0.29) is 11.7 Å². The molecule has 0 fully saturated rings. The van der Waals surface area contributed by atoms with Gasteiger partial charge in [-0.1, -0.05) is 17.4 Å². The Morgan fingerprint density at radius 2 is 2.14 bits per heavy atom. The zero-order chi connectivity index (χ0) is 15.1. The molecule has 1 N–H and O–H groups in total. The third kappa shape index (κ3) is 2.21. The van der Waals surface area contributed by atoms with Gasteiger partial charge in [-0.15, -0.1) is 0 Å². The fourth-order valence-electron chi connectivity index (χ4n) is 2.16. The number of halogens is 1. The topological polar surface area (TPSA) is 59.3 Å². The zero-order valence-electron chi connectivity index (χ0n) is 11.2. The molecule has 0 unspecified atom stereocenters. The number of imidazole rings is 1. The molecule has 108 valence electrons. The fourth-order valence-corrected chi connectivity index (χ4v) is 3.04. The molecular formula is C15H9FN4OS. The van der Waals surface area contributed by atoms with Crippen molar-refractivity contribution in [3.63, 3.8) is 0 Å². The first-order valence-corrected chi connectivity index (χ1v) is 7.32. The van der Waals surface area contributed by atoms with Gasteiger partial charge < -0.3 is 4.40 Å². The van der Waals surface area contributed by atoms with Gasteiger partial charge >= 0.3 is 0 Å². The summed E-state index contributed by atoms with van der Waals surface area (Å²) >= 11 is 1.22. The molecule has 0 saturated heterocycles. The van der Waals surface area contributed by atoms with Gasteiger partial charge in [-0.25, -0.2) is 14.4 Å². The highest BCUT2D eigenvalue weighted by molar-refractivity contribution is 7.22. The summed E-state index contributed by atoms with van der Waals surface area (Å²) in [6.45, 7) is 0. The van der Waals surface area contributed by atoms with E-state index < -0.39 is 0 Å². The Kier molecular flexibility index (Phi) is 2.87. The average Bonchev–Trinajstić information content (AvgIpc) is 3.09. The molecule has 1 amide bonds. The van der Waals surface area contributed by atoms with Gasteiger partial charge in [0.1, 0.15) is 17.2 Å². The monoisotopic (exact) mass is 312 g/mol. The first kappa shape index (κ1) is 12.9. The molecule has 0 spiro atoms. The summed E-state index contributed by atoms with van der Waals surface area (Å²) in [4.78, 5) is 20.7. The number of hydrogen-bond acceptors (Lipinski definition) is 4. The number of hydrogen-bond donors (Lipinski definition) is 1. The molecule has 3 heterocycles. The maximum atomic E-state index is 13.2. The molecule has 3 aromatic heterocycles. The average molecular weight is 312 g/mol. The highest BCUT2D eigenvalue weighted by Gasteiger charge is 2.13. The van der Waals surface area contributed by atoms with Crippen LogP contribution in [0.4, 0.5) is 9.52 Å². The number of thiazole rings is 1. The van der Waals surface area contributed by atoms with Crippen LogP contribution in [0.25, 0.3) is 15.9 Å². The standard InChI is InChI=1S/C15H9FN4OS/c16-9-4-5-10-12(7-9)22-15(18-10)19-14(21)11-8-20-6-2-1-3-13(20)17-11/h1-8H,(H,18,19,21). The zero-order valence-corrected chi connectivity index (χ0v) is 12.0. The Hall–Kier alpha value is -2.80. The van der Waals surface area contributed by atoms with Crippen LogP contribution in [0.2, 0.25) is 0 Å². The van der Waals surface area contributed by atoms with Gasteiger partial charge in [0.2, 0.25) is 0 Å². The maximum Gasteiger partial charge on any atom is 0.277 e. The van der Waals surface area contributed by atoms with Crippen molar-refractivity contribution >= 4 is 38.2 Å². The minimum absolute atomic E-state index is 0.302. The second-order valence-corrected chi connectivity index (χ2v) is 5.71. The lowest BCUT2D eigenvalue weighted by molar-refractivity contribution is 0.102. The lowest BCUT2D eigenvalue weighted by atomic mass is 10.3. The van der Waals surface area contributed by atoms with Crippen LogP contribution < -0.4 is 5.32 Å². The Bertz CT molecular complexity index is 974. The van der Waals surface area contributed by atoms with Crippen LogP contribution in [0.3, 0.4) is 0 Å². The first-order valence-electron chi connectivity index (χ1n) is 6.50. The lowest BCUT2D eigenvalue weighted by Crippen LogP contribution is -2.11. The lowest BCUT2D eigenvalue weighted by Gasteiger charge is -1.96. The van der Waals surface area contributed by atoms with E-state index in [1.165, 1.54) is 23.5 Å². The minimum atomic E-state index is -0.344. The van der Waals surface area contributed by atoms with Gasteiger partial charge in [0.25, 0.3) is 5.91 Å². The van der Waals surface area contributed by atoms with E-state index in [9.17, 15) is 9.18 Å². The van der Waals surface area contributed by atoms with Crippen molar-refractivity contribution in [1.29, 1.82) is 0 Å². The van der Waals surface area contributed by atoms with E-state index in [4.69, 9.17) is 0 Å². The van der Waals surface area contributed by atoms with Gasteiger partial charge in [0, 0.05) is 12.4 Å². The highest BCUT2D eigenvalue weighted by atomic mass is 32.1. The number of fused-ring (bicyclic) bond motifs is 2. The van der Waals surface area contributed by atoms with Crippen LogP contribution in [-0.4, -0.2) is 20.3 Å². The Labute approximate surface area is 128 Å². The van der Waals surface area contributed by atoms with E-state index in [2.05, 4.69) is 15.3 Å². The summed E-state index contributed by atoms with van der Waals surface area (Å²) in [5.41, 5.74) is 1.65. The van der Waals surface area contributed by atoms with E-state index >= 15 is 0 Å². The number of carbonyl (C=O) groups is 1. The third-order valence-corrected chi connectivity index (χ3v) is 4.10. The van der Waals surface area contributed by atoms with Gasteiger partial charge in [-0.3, -0.25) is 10.1 Å². The molecule has 4 aromatic rings. The summed E-state index contributed by atoms with van der Waals surface area (Å²) in [5.74, 6) is -0.669. The van der Waals surface area contributed by atoms with Gasteiger partial charge in [0.05, 0.1) is 10.2 Å². The normalized spacial score (nSPS) is 11.1. The molecule has 1 aromatic carbocycles. The van der Waals surface area contributed by atoms with E-state index in [0.29, 0.717) is 26.7 Å². The predicted octanol–water partition coefficient (Wildman–Crippen LogP) is 3.34. The van der Waals surface area contributed by atoms with Crippen LogP contribution in [0.5, 0.6) is 0 Å². The molecule has 0 aliphatic heterocycles. The summed E-state index contributed by atoms with van der Waals surface area (Å²) in [6, 6.07) is 9.85. The van der Waals surface area contributed by atoms with Crippen molar-refractivity contribution in [3.8, 4) is 0 Å². The van der Waals surface area contributed by atoms with Crippen molar-refractivity contribution in [2.24, 2.45) is 0 Å². The number of aromatic nitrogens is 3. The molecular weight excluding hydrogens is 303 g/mol. The fraction of sp³-hybridized carbons (Fsp3) is 0. The van der Waals surface area contributed by atoms with Gasteiger partial charge in [-0.2, -0.15) is 0 Å². The number of benzene rings is 1. The molecule has 0 aliphatic carbocycles. The summed E-state index contributed by atoms with van der Waals surface area (Å²) in [6.07, 6.45) is 3.47. The van der Waals surface area contributed by atoms with E-state index in [1.807, 2.05) is 24.4 Å². The Morgan fingerprint density at radius 1 is 1.23 bits per heavy atom. The molecule has 0 bridgehead atoms. The highest BCUT2D eigenvalue weighted by Crippen LogP contribution is 2.26. The van der Waals surface area contributed by atoms with Crippen molar-refractivity contribution in [2.75, 3.05) is 5.32 Å². The number of pyridine rings is 1. The SMILES string of the molecule is O=C(Nc1nc2ccc(F)cc2s1)c1cn2ccccc2n1. The van der Waals surface area contributed by atoms with Crippen LogP contribution in [0.15, 0.2) is 48.8 Å². The third-order valence-electron chi connectivity index (χ3n) is 3.17. The van der Waals surface area contributed by atoms with Crippen molar-refractivity contribution in [3.05, 3.63) is 60.3 Å². The van der Waals surface area contributed by atoms with Gasteiger partial charge in [0.15, 0.2) is 5.13 Å². The van der Waals surface area contributed by atoms with Crippen molar-refractivity contribution in [1.82, 2.24) is 14.4 Å². The van der Waals surface area contributed by atoms with E-state index in [1.54, 1.807) is 16.7 Å². The molecule has 5 nitrogen and oxygen atoms in total. The van der Waals surface area contributed by atoms with Crippen LogP contribution in [-0.2, 0) is 0 Å². The molecule has 7 heteroatoms. The second kappa shape index (κ2) is 4.88. The quantitative estimate of drug-likeness (QED) is 0.617. The largest absolute Gasteiger partial charge is 0.306 e. The number of rotatable bonds is 2. The maximum absolute atomic E-state index is 13.2. The summed E-state index contributed by atoms with van der Waals surface area (Å²) in [5, 5.41) is 3.12. The van der Waals surface area contributed by atoms with Crippen molar-refractivity contribution < 1.29 is 9.18 Å². The first-order chi connectivity index (χ1) is 10.7. The summed E-state index contributed by atoms with van der Waals surface area (Å²) < 4.78 is 15.6. The molecule has 0 radical (unpaired) electrons.